The maximum atomic E-state index is 5.71. The molecule has 1 aromatic carbocycles. The molecule has 1 aliphatic carbocycles. The van der Waals surface area contributed by atoms with Crippen LogP contribution in [0.1, 0.15) is 41.7 Å². The number of benzene rings is 1. The third-order valence-electron chi connectivity index (χ3n) is 3.26. The minimum atomic E-state index is -0.194. The van der Waals surface area contributed by atoms with Gasteiger partial charge in [-0.25, -0.2) is 0 Å². The first kappa shape index (κ1) is 10.5. The molecule has 0 aliphatic heterocycles. The molecule has 1 aromatic heterocycles. The summed E-state index contributed by atoms with van der Waals surface area (Å²) in [4.78, 5) is 4.37. The fourth-order valence-corrected chi connectivity index (χ4v) is 2.34. The van der Waals surface area contributed by atoms with Gasteiger partial charge in [0.15, 0.2) is 5.82 Å². The predicted octanol–water partition coefficient (Wildman–Crippen LogP) is 1.97. The Balaban J connectivity index is 1.84. The van der Waals surface area contributed by atoms with Crippen molar-refractivity contribution < 1.29 is 4.52 Å². The molecule has 3 rings (SSSR count). The lowest BCUT2D eigenvalue weighted by molar-refractivity contribution is 0.354. The number of rotatable bonds is 2. The van der Waals surface area contributed by atoms with E-state index in [1.54, 1.807) is 0 Å². The molecule has 0 spiro atoms. The average molecular weight is 229 g/mol. The minimum absolute atomic E-state index is 0.194. The summed E-state index contributed by atoms with van der Waals surface area (Å²) in [5.41, 5.74) is 8.50. The van der Waals surface area contributed by atoms with Crippen molar-refractivity contribution in [1.29, 1.82) is 0 Å². The van der Waals surface area contributed by atoms with E-state index in [1.807, 2.05) is 6.92 Å². The van der Waals surface area contributed by atoms with Crippen LogP contribution in [-0.2, 0) is 12.8 Å². The monoisotopic (exact) mass is 229 g/mol. The van der Waals surface area contributed by atoms with Gasteiger partial charge < -0.3 is 10.3 Å². The lowest BCUT2D eigenvalue weighted by atomic mass is 10.1. The van der Waals surface area contributed by atoms with E-state index in [0.717, 1.165) is 18.7 Å². The second-order valence-electron chi connectivity index (χ2n) is 4.65. The Kier molecular flexibility index (Phi) is 2.44. The summed E-state index contributed by atoms with van der Waals surface area (Å²) in [7, 11) is 0. The van der Waals surface area contributed by atoms with Crippen LogP contribution in [0.5, 0.6) is 0 Å². The Labute approximate surface area is 99.8 Å². The third kappa shape index (κ3) is 1.85. The fraction of sp³-hybridized carbons (Fsp3) is 0.385. The van der Waals surface area contributed by atoms with Gasteiger partial charge in [-0.05, 0) is 30.9 Å². The van der Waals surface area contributed by atoms with Gasteiger partial charge in [0.25, 0.3) is 0 Å². The second kappa shape index (κ2) is 3.96. The molecule has 1 heterocycles. The fourth-order valence-electron chi connectivity index (χ4n) is 2.34. The molecule has 0 saturated heterocycles. The van der Waals surface area contributed by atoms with Crippen LogP contribution >= 0.6 is 0 Å². The van der Waals surface area contributed by atoms with Crippen LogP contribution < -0.4 is 5.73 Å². The summed E-state index contributed by atoms with van der Waals surface area (Å²) < 4.78 is 5.15. The van der Waals surface area contributed by atoms with Crippen molar-refractivity contribution >= 4 is 0 Å². The van der Waals surface area contributed by atoms with Crippen molar-refractivity contribution in [1.82, 2.24) is 10.1 Å². The molecular weight excluding hydrogens is 214 g/mol. The lowest BCUT2D eigenvalue weighted by Gasteiger charge is -2.00. The first-order chi connectivity index (χ1) is 8.24. The van der Waals surface area contributed by atoms with Gasteiger partial charge in [0.1, 0.15) is 0 Å². The highest BCUT2D eigenvalue weighted by Gasteiger charge is 2.26. The van der Waals surface area contributed by atoms with Gasteiger partial charge in [0.05, 0.1) is 6.04 Å². The normalized spacial score (nSPS) is 17.1. The first-order valence-corrected chi connectivity index (χ1v) is 5.90. The van der Waals surface area contributed by atoms with Crippen molar-refractivity contribution in [3.8, 4) is 0 Å². The summed E-state index contributed by atoms with van der Waals surface area (Å²) in [6.07, 6.45) is 1.99. The Bertz CT molecular complexity index is 508. The smallest absolute Gasteiger partial charge is 0.243 e. The van der Waals surface area contributed by atoms with Gasteiger partial charge in [0.2, 0.25) is 5.89 Å². The molecule has 88 valence electrons. The average Bonchev–Trinajstić information content (AvgIpc) is 2.95. The quantitative estimate of drug-likeness (QED) is 0.855. The van der Waals surface area contributed by atoms with Crippen LogP contribution in [0.15, 0.2) is 28.8 Å². The van der Waals surface area contributed by atoms with Crippen molar-refractivity contribution in [2.75, 3.05) is 0 Å². The summed E-state index contributed by atoms with van der Waals surface area (Å²) in [6, 6.07) is 8.29. The van der Waals surface area contributed by atoms with E-state index in [-0.39, 0.29) is 6.04 Å². The van der Waals surface area contributed by atoms with Gasteiger partial charge in [-0.15, -0.1) is 0 Å². The molecule has 1 aliphatic rings. The van der Waals surface area contributed by atoms with E-state index in [2.05, 4.69) is 34.4 Å². The molecule has 0 saturated carbocycles. The van der Waals surface area contributed by atoms with E-state index in [0.29, 0.717) is 11.8 Å². The zero-order chi connectivity index (χ0) is 11.8. The topological polar surface area (TPSA) is 64.9 Å². The molecule has 2 N–H and O–H groups in total. The van der Waals surface area contributed by atoms with Gasteiger partial charge in [-0.3, -0.25) is 0 Å². The van der Waals surface area contributed by atoms with Crippen molar-refractivity contribution in [2.45, 2.75) is 31.7 Å². The van der Waals surface area contributed by atoms with Crippen LogP contribution in [0.25, 0.3) is 0 Å². The number of hydrogen-bond acceptors (Lipinski definition) is 4. The van der Waals surface area contributed by atoms with E-state index in [9.17, 15) is 0 Å². The Morgan fingerprint density at radius 2 is 1.94 bits per heavy atom. The molecule has 17 heavy (non-hydrogen) atoms. The molecule has 4 heteroatoms. The molecule has 0 amide bonds. The number of nitrogens with two attached hydrogens (primary N) is 1. The van der Waals surface area contributed by atoms with Crippen molar-refractivity contribution in [3.05, 3.63) is 47.1 Å². The zero-order valence-electron chi connectivity index (χ0n) is 9.76. The van der Waals surface area contributed by atoms with Gasteiger partial charge in [-0.2, -0.15) is 4.98 Å². The van der Waals surface area contributed by atoms with Crippen LogP contribution in [0, 0.1) is 0 Å². The maximum absolute atomic E-state index is 5.71. The van der Waals surface area contributed by atoms with Crippen molar-refractivity contribution in [3.63, 3.8) is 0 Å². The first-order valence-electron chi connectivity index (χ1n) is 5.90. The Morgan fingerprint density at radius 3 is 2.47 bits per heavy atom. The summed E-state index contributed by atoms with van der Waals surface area (Å²) in [5.74, 6) is 1.65. The van der Waals surface area contributed by atoms with Crippen LogP contribution in [0.3, 0.4) is 0 Å². The van der Waals surface area contributed by atoms with Gasteiger partial charge in [-0.1, -0.05) is 29.4 Å². The number of fused-ring (bicyclic) bond motifs is 1. The molecular formula is C13H15N3O. The highest BCUT2D eigenvalue weighted by molar-refractivity contribution is 5.34. The molecule has 0 unspecified atom stereocenters. The highest BCUT2D eigenvalue weighted by Crippen LogP contribution is 2.32. The molecule has 0 fully saturated rings. The predicted molar refractivity (Wildman–Crippen MR) is 63.5 cm³/mol. The van der Waals surface area contributed by atoms with E-state index < -0.39 is 0 Å². The minimum Gasteiger partial charge on any atom is -0.338 e. The molecule has 1 atom stereocenters. The second-order valence-corrected chi connectivity index (χ2v) is 4.65. The molecule has 2 aromatic rings. The summed E-state index contributed by atoms with van der Waals surface area (Å²) >= 11 is 0. The standard InChI is InChI=1S/C13H15N3O/c1-8(14)13-15-12(16-17-13)11-6-9-4-2-3-5-10(9)7-11/h2-5,8,11H,6-7,14H2,1H3/t8-/m1/s1. The number of aromatic nitrogens is 2. The third-order valence-corrected chi connectivity index (χ3v) is 3.26. The van der Waals surface area contributed by atoms with E-state index in [4.69, 9.17) is 10.3 Å². The number of nitrogens with zero attached hydrogens (tertiary/aromatic N) is 2. The van der Waals surface area contributed by atoms with Crippen LogP contribution in [0.2, 0.25) is 0 Å². The maximum Gasteiger partial charge on any atom is 0.243 e. The van der Waals surface area contributed by atoms with Crippen molar-refractivity contribution in [2.24, 2.45) is 5.73 Å². The SMILES string of the molecule is C[C@@H](N)c1nc(C2Cc3ccccc3C2)no1. The molecule has 0 radical (unpaired) electrons. The van der Waals surface area contributed by atoms with Gasteiger partial charge >= 0.3 is 0 Å². The van der Waals surface area contributed by atoms with E-state index >= 15 is 0 Å². The molecule has 0 bridgehead atoms. The Morgan fingerprint density at radius 1 is 1.29 bits per heavy atom. The van der Waals surface area contributed by atoms with Crippen LogP contribution in [-0.4, -0.2) is 10.1 Å². The summed E-state index contributed by atoms with van der Waals surface area (Å²) in [5, 5.41) is 4.04. The van der Waals surface area contributed by atoms with Gasteiger partial charge in [0, 0.05) is 5.92 Å². The summed E-state index contributed by atoms with van der Waals surface area (Å²) in [6.45, 7) is 1.85. The zero-order valence-corrected chi connectivity index (χ0v) is 9.76. The Hall–Kier alpha value is -1.68. The lowest BCUT2D eigenvalue weighted by Crippen LogP contribution is -2.06. The van der Waals surface area contributed by atoms with Crippen LogP contribution in [0.4, 0.5) is 0 Å². The largest absolute Gasteiger partial charge is 0.338 e. The number of hydrogen-bond donors (Lipinski definition) is 1. The highest BCUT2D eigenvalue weighted by atomic mass is 16.5. The van der Waals surface area contributed by atoms with E-state index in [1.165, 1.54) is 11.1 Å². The molecule has 4 nitrogen and oxygen atoms in total.